The van der Waals surface area contributed by atoms with Gasteiger partial charge in [0.15, 0.2) is 11.5 Å². The summed E-state index contributed by atoms with van der Waals surface area (Å²) in [4.78, 5) is 19.5. The van der Waals surface area contributed by atoms with Crippen molar-refractivity contribution in [3.05, 3.63) is 42.0 Å². The summed E-state index contributed by atoms with van der Waals surface area (Å²) in [7, 11) is 3.18. The van der Waals surface area contributed by atoms with Crippen molar-refractivity contribution in [3.63, 3.8) is 0 Å². The van der Waals surface area contributed by atoms with Crippen LogP contribution >= 0.6 is 0 Å². The molecule has 136 valence electrons. The summed E-state index contributed by atoms with van der Waals surface area (Å²) >= 11 is 0. The summed E-state index contributed by atoms with van der Waals surface area (Å²) < 4.78 is 15.9. The van der Waals surface area contributed by atoms with E-state index in [4.69, 9.17) is 14.2 Å². The van der Waals surface area contributed by atoms with Crippen LogP contribution in [0.15, 0.2) is 30.6 Å². The van der Waals surface area contributed by atoms with Crippen LogP contribution in [0.2, 0.25) is 0 Å². The van der Waals surface area contributed by atoms with Crippen molar-refractivity contribution in [1.29, 1.82) is 0 Å². The van der Waals surface area contributed by atoms with E-state index < -0.39 is 11.7 Å². The summed E-state index contributed by atoms with van der Waals surface area (Å²) in [6, 6.07) is 5.28. The fourth-order valence-electron chi connectivity index (χ4n) is 2.38. The second-order valence-electron chi connectivity index (χ2n) is 6.57. The molecule has 1 heterocycles. The summed E-state index contributed by atoms with van der Waals surface area (Å²) in [5.74, 6) is 1.94. The number of amides is 1. The molecule has 1 unspecified atom stereocenters. The molecule has 1 amide bonds. The van der Waals surface area contributed by atoms with Crippen molar-refractivity contribution in [2.75, 3.05) is 14.2 Å². The van der Waals surface area contributed by atoms with Crippen LogP contribution in [0.4, 0.5) is 4.79 Å². The number of carbonyl (C=O) groups is 1. The lowest BCUT2D eigenvalue weighted by molar-refractivity contribution is 0.0501. The van der Waals surface area contributed by atoms with Gasteiger partial charge < -0.3 is 24.5 Å². The molecule has 2 N–H and O–H groups in total. The van der Waals surface area contributed by atoms with E-state index in [0.717, 1.165) is 5.56 Å². The Kier molecular flexibility index (Phi) is 5.90. The van der Waals surface area contributed by atoms with Gasteiger partial charge >= 0.3 is 6.09 Å². The first-order valence-corrected chi connectivity index (χ1v) is 8.02. The van der Waals surface area contributed by atoms with Crippen molar-refractivity contribution in [3.8, 4) is 11.5 Å². The van der Waals surface area contributed by atoms with Crippen LogP contribution < -0.4 is 14.8 Å². The number of rotatable bonds is 6. The second kappa shape index (κ2) is 7.92. The minimum absolute atomic E-state index is 0.358. The largest absolute Gasteiger partial charge is 0.493 e. The van der Waals surface area contributed by atoms with Gasteiger partial charge in [0.1, 0.15) is 11.4 Å². The second-order valence-corrected chi connectivity index (χ2v) is 6.57. The quantitative estimate of drug-likeness (QED) is 0.838. The van der Waals surface area contributed by atoms with E-state index in [9.17, 15) is 4.79 Å². The fourth-order valence-corrected chi connectivity index (χ4v) is 2.38. The molecule has 0 bridgehead atoms. The molecule has 2 rings (SSSR count). The molecule has 7 heteroatoms. The van der Waals surface area contributed by atoms with E-state index in [1.807, 2.05) is 39.0 Å². The molecule has 1 aromatic heterocycles. The van der Waals surface area contributed by atoms with Crippen molar-refractivity contribution < 1.29 is 19.0 Å². The molecule has 0 aliphatic carbocycles. The third kappa shape index (κ3) is 5.41. The Morgan fingerprint density at radius 2 is 1.96 bits per heavy atom. The number of nitrogens with zero attached hydrogens (tertiary/aromatic N) is 1. The summed E-state index contributed by atoms with van der Waals surface area (Å²) in [6.45, 7) is 5.47. The molecular weight excluding hydrogens is 322 g/mol. The lowest BCUT2D eigenvalue weighted by Gasteiger charge is -2.23. The molecular formula is C18H25N3O4. The first-order chi connectivity index (χ1) is 11.8. The number of aromatic nitrogens is 2. The average molecular weight is 347 g/mol. The van der Waals surface area contributed by atoms with Crippen molar-refractivity contribution in [1.82, 2.24) is 15.3 Å². The number of imidazole rings is 1. The van der Waals surface area contributed by atoms with Crippen LogP contribution in [0.25, 0.3) is 0 Å². The zero-order chi connectivity index (χ0) is 18.4. The van der Waals surface area contributed by atoms with Crippen LogP contribution in [0.5, 0.6) is 11.5 Å². The SMILES string of the molecule is COc1ccc(CC(NC(=O)OC(C)(C)C)c2ncc[nH]2)cc1OC. The molecule has 0 aliphatic rings. The number of H-pyrrole nitrogens is 1. The standard InChI is InChI=1S/C18H25N3O4/c1-18(2,3)25-17(22)21-13(16-19-8-9-20-16)10-12-6-7-14(23-4)15(11-12)24-5/h6-9,11,13H,10H2,1-5H3,(H,19,20)(H,21,22). The van der Waals surface area contributed by atoms with Gasteiger partial charge in [-0.15, -0.1) is 0 Å². The smallest absolute Gasteiger partial charge is 0.408 e. The van der Waals surface area contributed by atoms with E-state index >= 15 is 0 Å². The maximum Gasteiger partial charge on any atom is 0.408 e. The number of hydrogen-bond donors (Lipinski definition) is 2. The van der Waals surface area contributed by atoms with Gasteiger partial charge in [0.05, 0.1) is 20.3 Å². The zero-order valence-corrected chi connectivity index (χ0v) is 15.3. The predicted octanol–water partition coefficient (Wildman–Crippen LogP) is 3.24. The predicted molar refractivity (Wildman–Crippen MR) is 93.9 cm³/mol. The minimum Gasteiger partial charge on any atom is -0.493 e. The van der Waals surface area contributed by atoms with Crippen LogP contribution in [0.3, 0.4) is 0 Å². The topological polar surface area (TPSA) is 85.5 Å². The number of hydrogen-bond acceptors (Lipinski definition) is 5. The summed E-state index contributed by atoms with van der Waals surface area (Å²) in [5, 5.41) is 2.86. The Bertz CT molecular complexity index is 693. The highest BCUT2D eigenvalue weighted by molar-refractivity contribution is 5.68. The Balaban J connectivity index is 2.18. The number of alkyl carbamates (subject to hydrolysis) is 1. The van der Waals surface area contributed by atoms with Gasteiger partial charge in [0.2, 0.25) is 0 Å². The summed E-state index contributed by atoms with van der Waals surface area (Å²) in [5.41, 5.74) is 0.399. The monoisotopic (exact) mass is 347 g/mol. The van der Waals surface area contributed by atoms with Crippen molar-refractivity contribution in [2.45, 2.75) is 38.8 Å². The molecule has 0 spiro atoms. The van der Waals surface area contributed by atoms with E-state index in [-0.39, 0.29) is 6.04 Å². The normalized spacial score (nSPS) is 12.4. The first-order valence-electron chi connectivity index (χ1n) is 8.02. The number of benzene rings is 1. The maximum atomic E-state index is 12.2. The van der Waals surface area contributed by atoms with Gasteiger partial charge in [-0.1, -0.05) is 6.07 Å². The van der Waals surface area contributed by atoms with Crippen LogP contribution in [0, 0.1) is 0 Å². The van der Waals surface area contributed by atoms with Crippen LogP contribution in [-0.2, 0) is 11.2 Å². The van der Waals surface area contributed by atoms with E-state index in [1.165, 1.54) is 0 Å². The molecule has 2 aromatic rings. The van der Waals surface area contributed by atoms with Gasteiger partial charge in [-0.3, -0.25) is 0 Å². The molecule has 0 saturated carbocycles. The molecule has 0 radical (unpaired) electrons. The van der Waals surface area contributed by atoms with E-state index in [1.54, 1.807) is 26.6 Å². The van der Waals surface area contributed by atoms with Gasteiger partial charge in [0, 0.05) is 18.8 Å². The van der Waals surface area contributed by atoms with Gasteiger partial charge in [-0.2, -0.15) is 0 Å². The lowest BCUT2D eigenvalue weighted by Crippen LogP contribution is -2.36. The van der Waals surface area contributed by atoms with Gasteiger partial charge in [-0.05, 0) is 38.5 Å². The number of ether oxygens (including phenoxy) is 3. The van der Waals surface area contributed by atoms with Crippen LogP contribution in [-0.4, -0.2) is 35.9 Å². The molecule has 0 aliphatic heterocycles. The van der Waals surface area contributed by atoms with Crippen LogP contribution in [0.1, 0.15) is 38.2 Å². The Morgan fingerprint density at radius 1 is 1.24 bits per heavy atom. The average Bonchev–Trinajstić information content (AvgIpc) is 3.06. The highest BCUT2D eigenvalue weighted by Gasteiger charge is 2.22. The number of methoxy groups -OCH3 is 2. The molecule has 25 heavy (non-hydrogen) atoms. The van der Waals surface area contributed by atoms with Gasteiger partial charge in [0.25, 0.3) is 0 Å². The molecule has 1 aromatic carbocycles. The third-order valence-corrected chi connectivity index (χ3v) is 3.43. The van der Waals surface area contributed by atoms with E-state index in [0.29, 0.717) is 23.7 Å². The summed E-state index contributed by atoms with van der Waals surface area (Å²) in [6.07, 6.45) is 3.39. The number of carbonyl (C=O) groups excluding carboxylic acids is 1. The lowest BCUT2D eigenvalue weighted by atomic mass is 10.0. The van der Waals surface area contributed by atoms with Gasteiger partial charge in [-0.25, -0.2) is 9.78 Å². The maximum absolute atomic E-state index is 12.2. The Morgan fingerprint density at radius 3 is 2.52 bits per heavy atom. The Labute approximate surface area is 147 Å². The molecule has 1 atom stereocenters. The Hall–Kier alpha value is -2.70. The fraction of sp³-hybridized carbons (Fsp3) is 0.444. The zero-order valence-electron chi connectivity index (χ0n) is 15.3. The highest BCUT2D eigenvalue weighted by Crippen LogP contribution is 2.29. The third-order valence-electron chi connectivity index (χ3n) is 3.43. The number of aromatic amines is 1. The van der Waals surface area contributed by atoms with Crippen molar-refractivity contribution in [2.24, 2.45) is 0 Å². The van der Waals surface area contributed by atoms with E-state index in [2.05, 4.69) is 15.3 Å². The molecule has 7 nitrogen and oxygen atoms in total. The number of nitrogens with one attached hydrogen (secondary N) is 2. The van der Waals surface area contributed by atoms with Crippen molar-refractivity contribution >= 4 is 6.09 Å². The first kappa shape index (κ1) is 18.6. The molecule has 0 fully saturated rings. The molecule has 0 saturated heterocycles. The minimum atomic E-state index is -0.568. The highest BCUT2D eigenvalue weighted by atomic mass is 16.6.